The lowest BCUT2D eigenvalue weighted by atomic mass is 9.83. The Morgan fingerprint density at radius 1 is 1.18 bits per heavy atom. The fourth-order valence-electron chi connectivity index (χ4n) is 5.56. The third kappa shape index (κ3) is 5.43. The molecule has 1 saturated carbocycles. The molecule has 0 radical (unpaired) electrons. The lowest BCUT2D eigenvalue weighted by Crippen LogP contribution is -2.57. The molecule has 3 heterocycles. The number of carbonyl (C=O) groups is 3. The number of carbonyl (C=O) groups excluding carboxylic acids is 2. The molecule has 2 aliphatic heterocycles. The number of nitrogens with zero attached hydrogens (tertiary/aromatic N) is 5. The quantitative estimate of drug-likeness (QED) is 0.419. The van der Waals surface area contributed by atoms with E-state index in [-0.39, 0.29) is 17.9 Å². The number of carboxylic acid groups (broad SMARTS) is 1. The Morgan fingerprint density at radius 3 is 2.52 bits per heavy atom. The van der Waals surface area contributed by atoms with E-state index in [1.54, 1.807) is 23.1 Å². The highest BCUT2D eigenvalue weighted by atomic mass is 35.5. The normalized spacial score (nSPS) is 19.4. The molecule has 0 bridgehead atoms. The summed E-state index contributed by atoms with van der Waals surface area (Å²) in [6.07, 6.45) is 6.11. The molecule has 10 nitrogen and oxygen atoms in total. The molecule has 12 heteroatoms. The minimum absolute atomic E-state index is 0.0366. The number of carboxylic acids is 1. The SMILES string of the molecule is CC(C)(Oc1nccc(N2CCC3(CC2)C(=O)N(CC2CCC2)C(=O)N3CCc2ccc(Cl)cc2Cl)n1)C(=O)O. The van der Waals surface area contributed by atoms with Crippen molar-refractivity contribution in [1.82, 2.24) is 19.8 Å². The van der Waals surface area contributed by atoms with Crippen molar-refractivity contribution in [3.05, 3.63) is 46.1 Å². The van der Waals surface area contributed by atoms with Crippen LogP contribution in [0.5, 0.6) is 6.01 Å². The minimum atomic E-state index is -1.49. The van der Waals surface area contributed by atoms with Crippen molar-refractivity contribution in [3.63, 3.8) is 0 Å². The molecule has 1 spiro atoms. The summed E-state index contributed by atoms with van der Waals surface area (Å²) in [6.45, 7) is 4.65. The molecule has 40 heavy (non-hydrogen) atoms. The summed E-state index contributed by atoms with van der Waals surface area (Å²) in [7, 11) is 0. The Bertz CT molecular complexity index is 1310. The number of piperidine rings is 1. The molecule has 3 amide bonds. The van der Waals surface area contributed by atoms with Crippen molar-refractivity contribution in [2.24, 2.45) is 5.92 Å². The van der Waals surface area contributed by atoms with E-state index in [4.69, 9.17) is 27.9 Å². The van der Waals surface area contributed by atoms with E-state index in [9.17, 15) is 19.5 Å². The number of amides is 3. The molecule has 0 atom stereocenters. The first-order chi connectivity index (χ1) is 19.0. The summed E-state index contributed by atoms with van der Waals surface area (Å²) in [5.41, 5.74) is -1.55. The van der Waals surface area contributed by atoms with Crippen LogP contribution in [0.15, 0.2) is 30.5 Å². The first-order valence-corrected chi connectivity index (χ1v) is 14.3. The standard InChI is InChI=1S/C28H33Cl2N5O5/c1-27(2,24(37)38)40-25-31-12-8-22(32-25)33-14-10-28(11-15-33)23(36)34(17-18-4-3-5-18)26(39)35(28)13-9-19-6-7-20(29)16-21(19)30/h6-8,12,16,18H,3-5,9-11,13-15,17H2,1-2H3,(H,37,38). The highest BCUT2D eigenvalue weighted by Gasteiger charge is 2.58. The molecule has 1 N–H and O–H groups in total. The van der Waals surface area contributed by atoms with Crippen LogP contribution in [0.4, 0.5) is 10.6 Å². The van der Waals surface area contributed by atoms with Crippen molar-refractivity contribution in [1.29, 1.82) is 0 Å². The second-order valence-electron chi connectivity index (χ2n) is 11.3. The monoisotopic (exact) mass is 589 g/mol. The highest BCUT2D eigenvalue weighted by Crippen LogP contribution is 2.40. The zero-order valence-corrected chi connectivity index (χ0v) is 24.1. The first kappa shape index (κ1) is 28.4. The van der Waals surface area contributed by atoms with Gasteiger partial charge in [-0.25, -0.2) is 14.6 Å². The fourth-order valence-corrected chi connectivity index (χ4v) is 6.06. The smallest absolute Gasteiger partial charge is 0.347 e. The van der Waals surface area contributed by atoms with Crippen LogP contribution in [0, 0.1) is 5.92 Å². The number of benzene rings is 1. The van der Waals surface area contributed by atoms with Crippen molar-refractivity contribution in [2.75, 3.05) is 31.1 Å². The van der Waals surface area contributed by atoms with Gasteiger partial charge in [0.05, 0.1) is 0 Å². The molecular formula is C28H33Cl2N5O5. The number of urea groups is 1. The van der Waals surface area contributed by atoms with Crippen LogP contribution in [0.3, 0.4) is 0 Å². The Kier molecular flexibility index (Phi) is 7.85. The Hall–Kier alpha value is -3.11. The molecule has 3 fully saturated rings. The second kappa shape index (κ2) is 11.0. The molecule has 1 aliphatic carbocycles. The van der Waals surface area contributed by atoms with E-state index in [2.05, 4.69) is 9.97 Å². The topological polar surface area (TPSA) is 116 Å². The Morgan fingerprint density at radius 2 is 1.90 bits per heavy atom. The first-order valence-electron chi connectivity index (χ1n) is 13.6. The van der Waals surface area contributed by atoms with E-state index in [0.29, 0.717) is 67.2 Å². The van der Waals surface area contributed by atoms with Gasteiger partial charge in [0.25, 0.3) is 5.91 Å². The molecule has 5 rings (SSSR count). The van der Waals surface area contributed by atoms with Gasteiger partial charge < -0.3 is 19.6 Å². The number of aromatic nitrogens is 2. The summed E-state index contributed by atoms with van der Waals surface area (Å²) >= 11 is 12.5. The molecule has 3 aliphatic rings. The zero-order chi connectivity index (χ0) is 28.7. The van der Waals surface area contributed by atoms with Gasteiger partial charge in [0.2, 0.25) is 5.60 Å². The Balaban J connectivity index is 1.34. The van der Waals surface area contributed by atoms with Crippen LogP contribution >= 0.6 is 23.2 Å². The lowest BCUT2D eigenvalue weighted by Gasteiger charge is -2.42. The van der Waals surface area contributed by atoms with Gasteiger partial charge in [-0.3, -0.25) is 9.69 Å². The van der Waals surface area contributed by atoms with E-state index in [1.807, 2.05) is 11.0 Å². The number of hydrogen-bond donors (Lipinski definition) is 1. The van der Waals surface area contributed by atoms with Gasteiger partial charge in [0.1, 0.15) is 11.4 Å². The number of halogens is 2. The van der Waals surface area contributed by atoms with Gasteiger partial charge in [0, 0.05) is 42.4 Å². The average Bonchev–Trinajstić information content (AvgIpc) is 3.06. The Labute approximate surface area is 243 Å². The molecule has 1 aromatic carbocycles. The van der Waals surface area contributed by atoms with E-state index >= 15 is 0 Å². The van der Waals surface area contributed by atoms with Crippen LogP contribution < -0.4 is 9.64 Å². The molecular weight excluding hydrogens is 557 g/mol. The summed E-state index contributed by atoms with van der Waals surface area (Å²) in [6, 6.07) is 6.77. The van der Waals surface area contributed by atoms with Gasteiger partial charge in [-0.2, -0.15) is 4.98 Å². The second-order valence-corrected chi connectivity index (χ2v) is 12.1. The van der Waals surface area contributed by atoms with Gasteiger partial charge in [0.15, 0.2) is 0 Å². The summed E-state index contributed by atoms with van der Waals surface area (Å²) in [4.78, 5) is 52.8. The van der Waals surface area contributed by atoms with Crippen LogP contribution in [-0.2, 0) is 16.0 Å². The van der Waals surface area contributed by atoms with Gasteiger partial charge >= 0.3 is 18.0 Å². The van der Waals surface area contributed by atoms with Crippen LogP contribution in [0.1, 0.15) is 51.5 Å². The molecule has 2 aromatic rings. The van der Waals surface area contributed by atoms with Crippen molar-refractivity contribution < 1.29 is 24.2 Å². The zero-order valence-electron chi connectivity index (χ0n) is 22.6. The summed E-state index contributed by atoms with van der Waals surface area (Å²) in [5, 5.41) is 10.5. The largest absolute Gasteiger partial charge is 0.478 e. The van der Waals surface area contributed by atoms with Gasteiger partial charge in [-0.1, -0.05) is 35.7 Å². The fraction of sp³-hybridized carbons (Fsp3) is 0.536. The van der Waals surface area contributed by atoms with Crippen LogP contribution in [-0.4, -0.2) is 80.1 Å². The van der Waals surface area contributed by atoms with E-state index in [0.717, 1.165) is 24.8 Å². The van der Waals surface area contributed by atoms with Crippen molar-refractivity contribution >= 4 is 46.9 Å². The molecule has 1 aromatic heterocycles. The van der Waals surface area contributed by atoms with Crippen molar-refractivity contribution in [3.8, 4) is 6.01 Å². The summed E-state index contributed by atoms with van der Waals surface area (Å²) in [5.74, 6) is -0.313. The lowest BCUT2D eigenvalue weighted by molar-refractivity contribution is -0.152. The van der Waals surface area contributed by atoms with Crippen molar-refractivity contribution in [2.45, 2.75) is 63.5 Å². The third-order valence-corrected chi connectivity index (χ3v) is 8.89. The molecule has 0 unspecified atom stereocenters. The van der Waals surface area contributed by atoms with Gasteiger partial charge in [-0.05, 0) is 75.6 Å². The number of aliphatic carboxylic acids is 1. The number of rotatable bonds is 9. The predicted octanol–water partition coefficient (Wildman–Crippen LogP) is 4.67. The van der Waals surface area contributed by atoms with E-state index < -0.39 is 17.1 Å². The number of ether oxygens (including phenoxy) is 1. The van der Waals surface area contributed by atoms with Gasteiger partial charge in [-0.15, -0.1) is 0 Å². The number of hydrogen-bond acceptors (Lipinski definition) is 7. The maximum absolute atomic E-state index is 13.9. The average molecular weight is 591 g/mol. The molecule has 2 saturated heterocycles. The minimum Gasteiger partial charge on any atom is -0.478 e. The van der Waals surface area contributed by atoms with Crippen LogP contribution in [0.2, 0.25) is 10.0 Å². The summed E-state index contributed by atoms with van der Waals surface area (Å²) < 4.78 is 5.51. The maximum Gasteiger partial charge on any atom is 0.347 e. The maximum atomic E-state index is 13.9. The molecule has 214 valence electrons. The van der Waals surface area contributed by atoms with Crippen LogP contribution in [0.25, 0.3) is 0 Å². The number of anilines is 1. The highest BCUT2D eigenvalue weighted by molar-refractivity contribution is 6.35. The third-order valence-electron chi connectivity index (χ3n) is 8.30. The predicted molar refractivity (Wildman–Crippen MR) is 150 cm³/mol. The van der Waals surface area contributed by atoms with E-state index in [1.165, 1.54) is 24.9 Å². The number of imide groups is 1.